The van der Waals surface area contributed by atoms with Crippen molar-refractivity contribution >= 4 is 22.6 Å². The first-order valence-electron chi connectivity index (χ1n) is 11.7. The Morgan fingerprint density at radius 2 is 1.23 bits per heavy atom. The van der Waals surface area contributed by atoms with Crippen LogP contribution in [-0.4, -0.2) is 20.1 Å². The second kappa shape index (κ2) is 8.54. The number of halogens is 1. The zero-order valence-corrected chi connectivity index (χ0v) is 21.1. The number of aromatic hydroxyl groups is 1. The smallest absolute Gasteiger partial charge is 0.147 e. The number of phenols is 1. The molecule has 4 nitrogen and oxygen atoms in total. The van der Waals surface area contributed by atoms with Crippen LogP contribution in [0, 0.1) is 0 Å². The molecule has 176 valence electrons. The monoisotopic (exact) mass is 481 g/mol. The summed E-state index contributed by atoms with van der Waals surface area (Å²) in [4.78, 5) is 1.52. The number of aromatic nitrogens is 3. The molecule has 0 aliphatic heterocycles. The molecule has 1 N–H and O–H groups in total. The molecule has 0 atom stereocenters. The van der Waals surface area contributed by atoms with Gasteiger partial charge in [-0.1, -0.05) is 106 Å². The predicted octanol–water partition coefficient (Wildman–Crippen LogP) is 7.43. The molecule has 0 aliphatic rings. The number of fused-ring (bicyclic) bond motifs is 1. The van der Waals surface area contributed by atoms with Crippen LogP contribution in [0.2, 0.25) is 5.02 Å². The summed E-state index contributed by atoms with van der Waals surface area (Å²) in [6, 6.07) is 30.2. The van der Waals surface area contributed by atoms with Crippen LogP contribution in [-0.2, 0) is 10.8 Å². The third-order valence-corrected chi connectivity index (χ3v) is 7.27. The highest BCUT2D eigenvalue weighted by Crippen LogP contribution is 2.43. The van der Waals surface area contributed by atoms with Gasteiger partial charge in [-0.05, 0) is 41.0 Å². The van der Waals surface area contributed by atoms with E-state index in [0.717, 1.165) is 16.7 Å². The second-order valence-corrected chi connectivity index (χ2v) is 10.4. The minimum absolute atomic E-state index is 0.165. The zero-order valence-electron chi connectivity index (χ0n) is 20.3. The molecule has 1 heterocycles. The quantitative estimate of drug-likeness (QED) is 0.284. The van der Waals surface area contributed by atoms with E-state index in [1.165, 1.54) is 10.4 Å². The summed E-state index contributed by atoms with van der Waals surface area (Å²) < 4.78 is 0. The average Bonchev–Trinajstić information content (AvgIpc) is 3.28. The number of hydrogen-bond donors (Lipinski definition) is 1. The first-order chi connectivity index (χ1) is 16.7. The lowest BCUT2D eigenvalue weighted by molar-refractivity contribution is 0.445. The molecule has 0 spiro atoms. The van der Waals surface area contributed by atoms with Crippen LogP contribution in [0.3, 0.4) is 0 Å². The van der Waals surface area contributed by atoms with Crippen LogP contribution in [0.1, 0.15) is 49.9 Å². The van der Waals surface area contributed by atoms with E-state index in [-0.39, 0.29) is 11.2 Å². The lowest BCUT2D eigenvalue weighted by atomic mass is 9.72. The second-order valence-electron chi connectivity index (χ2n) is 10.00. The van der Waals surface area contributed by atoms with Crippen molar-refractivity contribution in [3.8, 4) is 11.4 Å². The highest BCUT2D eigenvalue weighted by Gasteiger charge is 2.32. The normalized spacial score (nSPS) is 12.3. The van der Waals surface area contributed by atoms with Gasteiger partial charge in [-0.2, -0.15) is 0 Å². The molecular weight excluding hydrogens is 454 g/mol. The van der Waals surface area contributed by atoms with Crippen LogP contribution in [0.5, 0.6) is 5.75 Å². The summed E-state index contributed by atoms with van der Waals surface area (Å²) in [5.74, 6) is 0.165. The molecule has 5 aromatic rings. The largest absolute Gasteiger partial charge is 0.505 e. The fraction of sp³-hybridized carbons (Fsp3) is 0.200. The third kappa shape index (κ3) is 4.08. The maximum absolute atomic E-state index is 11.7. The molecule has 5 rings (SSSR count). The Balaban J connectivity index is 1.78. The van der Waals surface area contributed by atoms with Crippen LogP contribution in [0.25, 0.3) is 16.7 Å². The fourth-order valence-corrected chi connectivity index (χ4v) is 4.80. The molecule has 35 heavy (non-hydrogen) atoms. The molecule has 0 bridgehead atoms. The van der Waals surface area contributed by atoms with Gasteiger partial charge in [-0.15, -0.1) is 15.0 Å². The lowest BCUT2D eigenvalue weighted by Gasteiger charge is -2.32. The van der Waals surface area contributed by atoms with Crippen molar-refractivity contribution in [3.05, 3.63) is 118 Å². The van der Waals surface area contributed by atoms with Crippen molar-refractivity contribution in [2.45, 2.75) is 38.5 Å². The van der Waals surface area contributed by atoms with Gasteiger partial charge in [0.15, 0.2) is 0 Å². The van der Waals surface area contributed by atoms with Crippen LogP contribution >= 0.6 is 11.6 Å². The number of phenolic OH excluding ortho intramolecular Hbond substituents is 1. The molecule has 0 unspecified atom stereocenters. The molecule has 5 heteroatoms. The maximum Gasteiger partial charge on any atom is 0.147 e. The number of benzene rings is 4. The number of rotatable bonds is 5. The molecule has 0 amide bonds. The first kappa shape index (κ1) is 23.1. The predicted molar refractivity (Wildman–Crippen MR) is 143 cm³/mol. The van der Waals surface area contributed by atoms with Gasteiger partial charge in [0.1, 0.15) is 22.5 Å². The van der Waals surface area contributed by atoms with E-state index >= 15 is 0 Å². The number of nitrogens with zero attached hydrogens (tertiary/aromatic N) is 3. The molecule has 4 aromatic carbocycles. The Morgan fingerprint density at radius 3 is 1.86 bits per heavy atom. The Morgan fingerprint density at radius 1 is 0.657 bits per heavy atom. The van der Waals surface area contributed by atoms with E-state index < -0.39 is 5.41 Å². The highest BCUT2D eigenvalue weighted by molar-refractivity contribution is 6.31. The van der Waals surface area contributed by atoms with Crippen molar-refractivity contribution in [2.24, 2.45) is 0 Å². The van der Waals surface area contributed by atoms with Gasteiger partial charge in [-0.25, -0.2) is 0 Å². The van der Waals surface area contributed by atoms with Crippen LogP contribution in [0.15, 0.2) is 91.0 Å². The summed E-state index contributed by atoms with van der Waals surface area (Å²) in [6.07, 6.45) is 0. The molecular formula is C30H28ClN3O. The maximum atomic E-state index is 11.7. The van der Waals surface area contributed by atoms with Gasteiger partial charge >= 0.3 is 0 Å². The van der Waals surface area contributed by atoms with Crippen molar-refractivity contribution in [1.82, 2.24) is 15.0 Å². The summed E-state index contributed by atoms with van der Waals surface area (Å²) in [5.41, 5.74) is 5.33. The van der Waals surface area contributed by atoms with Crippen molar-refractivity contribution in [1.29, 1.82) is 0 Å². The molecule has 0 fully saturated rings. The highest BCUT2D eigenvalue weighted by atomic mass is 35.5. The third-order valence-electron chi connectivity index (χ3n) is 7.03. The summed E-state index contributed by atoms with van der Waals surface area (Å²) in [6.45, 7) is 8.66. The molecule has 0 saturated heterocycles. The molecule has 0 aliphatic carbocycles. The van der Waals surface area contributed by atoms with Gasteiger partial charge in [0.2, 0.25) is 0 Å². The minimum atomic E-state index is -0.460. The molecule has 0 saturated carbocycles. The van der Waals surface area contributed by atoms with Gasteiger partial charge in [0.25, 0.3) is 0 Å². The van der Waals surface area contributed by atoms with Gasteiger partial charge in [0.05, 0.1) is 0 Å². The minimum Gasteiger partial charge on any atom is -0.505 e. The summed E-state index contributed by atoms with van der Waals surface area (Å²) >= 11 is 6.18. The van der Waals surface area contributed by atoms with Gasteiger partial charge in [-0.3, -0.25) is 0 Å². The fourth-order valence-electron chi connectivity index (χ4n) is 4.64. The Bertz CT molecular complexity index is 1510. The topological polar surface area (TPSA) is 50.9 Å². The Hall–Kier alpha value is -3.63. The zero-order chi connectivity index (χ0) is 24.8. The van der Waals surface area contributed by atoms with Gasteiger partial charge in [0, 0.05) is 21.4 Å². The van der Waals surface area contributed by atoms with E-state index in [0.29, 0.717) is 21.7 Å². The molecule has 1 aromatic heterocycles. The Kier molecular flexibility index (Phi) is 5.65. The summed E-state index contributed by atoms with van der Waals surface area (Å²) in [5, 5.41) is 21.6. The van der Waals surface area contributed by atoms with E-state index in [2.05, 4.69) is 80.4 Å². The standard InChI is InChI=1S/C30H28ClN3O/c1-29(2,20-11-7-5-8-12-20)22-17-24(30(3,4)21-13-9-6-10-14-21)28(35)27(18-22)34-32-25-16-15-23(31)19-26(25)33-34/h5-19,35H,1-4H3. The van der Waals surface area contributed by atoms with Crippen molar-refractivity contribution < 1.29 is 5.11 Å². The van der Waals surface area contributed by atoms with Crippen LogP contribution in [0.4, 0.5) is 0 Å². The van der Waals surface area contributed by atoms with E-state index in [4.69, 9.17) is 11.6 Å². The van der Waals surface area contributed by atoms with Crippen molar-refractivity contribution in [2.75, 3.05) is 0 Å². The van der Waals surface area contributed by atoms with Crippen LogP contribution < -0.4 is 0 Å². The SMILES string of the molecule is CC(C)(c1ccccc1)c1cc(-n2nc3ccc(Cl)cc3n2)c(O)c(C(C)(C)c2ccccc2)c1. The van der Waals surface area contributed by atoms with Crippen molar-refractivity contribution in [3.63, 3.8) is 0 Å². The lowest BCUT2D eigenvalue weighted by Crippen LogP contribution is -2.24. The Labute approximate surface area is 210 Å². The average molecular weight is 482 g/mol. The van der Waals surface area contributed by atoms with E-state index in [9.17, 15) is 5.11 Å². The summed E-state index contributed by atoms with van der Waals surface area (Å²) in [7, 11) is 0. The van der Waals surface area contributed by atoms with E-state index in [1.54, 1.807) is 12.1 Å². The van der Waals surface area contributed by atoms with Gasteiger partial charge < -0.3 is 5.11 Å². The first-order valence-corrected chi connectivity index (χ1v) is 12.1. The molecule has 0 radical (unpaired) electrons. The van der Waals surface area contributed by atoms with E-state index in [1.807, 2.05) is 36.4 Å². The number of hydrogen-bond acceptors (Lipinski definition) is 3.